The van der Waals surface area contributed by atoms with Crippen LogP contribution in [0.15, 0.2) is 121 Å². The molecular formula is C24H24N4P+. The third-order valence-corrected chi connectivity index (χ3v) is 6.66. The Hall–Kier alpha value is -3.49. The first-order valence-electron chi connectivity index (χ1n) is 9.54. The highest BCUT2D eigenvalue weighted by atomic mass is 31.2. The molecule has 0 spiro atoms. The van der Waals surface area contributed by atoms with Crippen molar-refractivity contribution in [3.8, 4) is 0 Å². The third-order valence-electron chi connectivity index (χ3n) is 4.28. The Bertz CT molecular complexity index is 824. The van der Waals surface area contributed by atoms with E-state index in [-0.39, 0.29) is 0 Å². The van der Waals surface area contributed by atoms with E-state index >= 15 is 0 Å². The van der Waals surface area contributed by atoms with E-state index in [0.717, 1.165) is 22.7 Å². The molecule has 0 saturated carbocycles. The summed E-state index contributed by atoms with van der Waals surface area (Å²) >= 11 is 0. The summed E-state index contributed by atoms with van der Waals surface area (Å²) in [6, 6.07) is 40.9. The highest BCUT2D eigenvalue weighted by Crippen LogP contribution is 2.56. The molecule has 144 valence electrons. The summed E-state index contributed by atoms with van der Waals surface area (Å²) in [4.78, 5) is 0. The van der Waals surface area contributed by atoms with E-state index in [1.807, 2.05) is 72.8 Å². The molecule has 0 radical (unpaired) electrons. The molecule has 4 aromatic carbocycles. The number of para-hydroxylation sites is 4. The van der Waals surface area contributed by atoms with E-state index in [1.54, 1.807) is 0 Å². The number of benzene rings is 4. The van der Waals surface area contributed by atoms with Gasteiger partial charge >= 0.3 is 7.87 Å². The van der Waals surface area contributed by atoms with Crippen molar-refractivity contribution in [3.63, 3.8) is 0 Å². The maximum atomic E-state index is 3.72. The first-order chi connectivity index (χ1) is 14.3. The molecule has 0 bridgehead atoms. The molecule has 0 heterocycles. The Balaban J connectivity index is 1.75. The minimum Gasteiger partial charge on any atom is -0.202 e. The number of rotatable bonds is 8. The first-order valence-corrected chi connectivity index (χ1v) is 11.3. The molecule has 0 fully saturated rings. The predicted molar refractivity (Wildman–Crippen MR) is 127 cm³/mol. The van der Waals surface area contributed by atoms with Crippen LogP contribution >= 0.6 is 7.87 Å². The van der Waals surface area contributed by atoms with Crippen LogP contribution in [0.4, 0.5) is 22.7 Å². The summed E-state index contributed by atoms with van der Waals surface area (Å²) in [7, 11) is -2.38. The van der Waals surface area contributed by atoms with Gasteiger partial charge in [-0.3, -0.25) is 0 Å². The second-order valence-electron chi connectivity index (χ2n) is 6.58. The van der Waals surface area contributed by atoms with Crippen LogP contribution in [-0.2, 0) is 0 Å². The van der Waals surface area contributed by atoms with Crippen LogP contribution in [-0.4, -0.2) is 0 Å². The van der Waals surface area contributed by atoms with E-state index in [1.165, 1.54) is 0 Å². The highest BCUT2D eigenvalue weighted by Gasteiger charge is 2.40. The van der Waals surface area contributed by atoms with Crippen molar-refractivity contribution in [1.82, 2.24) is 0 Å². The van der Waals surface area contributed by atoms with Crippen LogP contribution in [0.5, 0.6) is 0 Å². The Morgan fingerprint density at radius 3 is 0.724 bits per heavy atom. The van der Waals surface area contributed by atoms with Gasteiger partial charge < -0.3 is 0 Å². The lowest BCUT2D eigenvalue weighted by Crippen LogP contribution is -2.27. The highest BCUT2D eigenvalue weighted by molar-refractivity contribution is 7.81. The second kappa shape index (κ2) is 9.13. The number of hydrogen-bond donors (Lipinski definition) is 4. The van der Waals surface area contributed by atoms with E-state index in [9.17, 15) is 0 Å². The minimum atomic E-state index is -2.38. The van der Waals surface area contributed by atoms with Gasteiger partial charge in [0.15, 0.2) is 0 Å². The quantitative estimate of drug-likeness (QED) is 0.238. The molecule has 0 aliphatic carbocycles. The van der Waals surface area contributed by atoms with Gasteiger partial charge in [0.25, 0.3) is 0 Å². The molecular weight excluding hydrogens is 375 g/mol. The minimum absolute atomic E-state index is 1.02. The Morgan fingerprint density at radius 2 is 0.517 bits per heavy atom. The number of anilines is 4. The lowest BCUT2D eigenvalue weighted by Gasteiger charge is -2.29. The smallest absolute Gasteiger partial charge is 0.202 e. The fourth-order valence-corrected chi connectivity index (χ4v) is 5.47. The van der Waals surface area contributed by atoms with Gasteiger partial charge in [0.05, 0.1) is 22.7 Å². The van der Waals surface area contributed by atoms with Gasteiger partial charge in [0.1, 0.15) is 0 Å². The van der Waals surface area contributed by atoms with Gasteiger partial charge in [-0.2, -0.15) is 0 Å². The summed E-state index contributed by atoms with van der Waals surface area (Å²) in [5.41, 5.74) is 4.10. The van der Waals surface area contributed by atoms with Crippen molar-refractivity contribution in [2.24, 2.45) is 0 Å². The molecule has 5 heteroatoms. The fourth-order valence-electron chi connectivity index (χ4n) is 2.99. The van der Waals surface area contributed by atoms with Crippen molar-refractivity contribution in [1.29, 1.82) is 0 Å². The topological polar surface area (TPSA) is 48.1 Å². The molecule has 0 saturated heterocycles. The maximum absolute atomic E-state index is 3.72. The third kappa shape index (κ3) is 5.28. The second-order valence-corrected chi connectivity index (χ2v) is 8.82. The van der Waals surface area contributed by atoms with Crippen LogP contribution < -0.4 is 20.3 Å². The Kier molecular flexibility index (Phi) is 5.94. The zero-order valence-electron chi connectivity index (χ0n) is 16.0. The van der Waals surface area contributed by atoms with E-state index in [0.29, 0.717) is 0 Å². The van der Waals surface area contributed by atoms with Gasteiger partial charge in [-0.15, -0.1) is 0 Å². The Morgan fingerprint density at radius 1 is 0.310 bits per heavy atom. The lowest BCUT2D eigenvalue weighted by molar-refractivity contribution is 1.54. The molecule has 0 unspecified atom stereocenters. The standard InChI is InChI=1S/C24H24N4P/c1-5-13-21(14-6-1)25-29(26-22-15-7-2-8-16-22,27-23-17-9-3-10-18-23)28-24-19-11-4-12-20-24/h1-20,25-28H/q+1. The molecule has 0 aromatic heterocycles. The van der Waals surface area contributed by atoms with Crippen LogP contribution in [0, 0.1) is 0 Å². The molecule has 4 aromatic rings. The predicted octanol–water partition coefficient (Wildman–Crippen LogP) is 7.11. The van der Waals surface area contributed by atoms with Crippen molar-refractivity contribution in [2.75, 3.05) is 20.3 Å². The monoisotopic (exact) mass is 399 g/mol. The molecule has 4 nitrogen and oxygen atoms in total. The summed E-state index contributed by atoms with van der Waals surface area (Å²) in [5, 5.41) is 14.9. The molecule has 4 N–H and O–H groups in total. The van der Waals surface area contributed by atoms with Crippen LogP contribution in [0.1, 0.15) is 0 Å². The van der Waals surface area contributed by atoms with Gasteiger partial charge in [-0.05, 0) is 48.5 Å². The van der Waals surface area contributed by atoms with Crippen molar-refractivity contribution >= 4 is 30.6 Å². The summed E-state index contributed by atoms with van der Waals surface area (Å²) < 4.78 is 0. The average Bonchev–Trinajstić information content (AvgIpc) is 2.76. The average molecular weight is 399 g/mol. The van der Waals surface area contributed by atoms with Crippen molar-refractivity contribution < 1.29 is 0 Å². The maximum Gasteiger partial charge on any atom is 0.395 e. The van der Waals surface area contributed by atoms with Crippen LogP contribution in [0.3, 0.4) is 0 Å². The van der Waals surface area contributed by atoms with E-state index in [4.69, 9.17) is 0 Å². The van der Waals surface area contributed by atoms with Gasteiger partial charge in [-0.25, -0.2) is 20.3 Å². The number of nitrogens with one attached hydrogen (secondary N) is 4. The zero-order valence-corrected chi connectivity index (χ0v) is 16.9. The summed E-state index contributed by atoms with van der Waals surface area (Å²) in [6.45, 7) is 0. The van der Waals surface area contributed by atoms with Gasteiger partial charge in [0, 0.05) is 0 Å². The SMILES string of the molecule is c1ccc(N[P+](Nc2ccccc2)(Nc2ccccc2)Nc2ccccc2)cc1. The van der Waals surface area contributed by atoms with E-state index < -0.39 is 7.87 Å². The molecule has 0 aliphatic heterocycles. The van der Waals surface area contributed by atoms with Crippen molar-refractivity contribution in [3.05, 3.63) is 121 Å². The zero-order chi connectivity index (χ0) is 19.8. The van der Waals surface area contributed by atoms with Crippen molar-refractivity contribution in [2.45, 2.75) is 0 Å². The molecule has 4 rings (SSSR count). The van der Waals surface area contributed by atoms with Gasteiger partial charge in [0.2, 0.25) is 0 Å². The first kappa shape index (κ1) is 18.9. The van der Waals surface area contributed by atoms with Crippen LogP contribution in [0.25, 0.3) is 0 Å². The largest absolute Gasteiger partial charge is 0.395 e. The Labute approximate surface area is 172 Å². The molecule has 29 heavy (non-hydrogen) atoms. The summed E-state index contributed by atoms with van der Waals surface area (Å²) in [6.07, 6.45) is 0. The van der Waals surface area contributed by atoms with Gasteiger partial charge in [-0.1, -0.05) is 72.8 Å². The number of hydrogen-bond acceptors (Lipinski definition) is 4. The van der Waals surface area contributed by atoms with E-state index in [2.05, 4.69) is 68.9 Å². The molecule has 0 amide bonds. The van der Waals surface area contributed by atoms with Crippen LogP contribution in [0.2, 0.25) is 0 Å². The molecule has 0 aliphatic rings. The summed E-state index contributed by atoms with van der Waals surface area (Å²) in [5.74, 6) is 0. The lowest BCUT2D eigenvalue weighted by atomic mass is 10.3. The normalized spacial score (nSPS) is 10.8. The fraction of sp³-hybridized carbons (Fsp3) is 0. The molecule has 0 atom stereocenters.